The maximum absolute atomic E-state index is 3.31. The van der Waals surface area contributed by atoms with Crippen LogP contribution < -0.4 is 0 Å². The number of benzene rings is 1. The van der Waals surface area contributed by atoms with Crippen LogP contribution in [0.25, 0.3) is 0 Å². The summed E-state index contributed by atoms with van der Waals surface area (Å²) in [5.74, 6) is 14.6. The van der Waals surface area contributed by atoms with Crippen molar-refractivity contribution in [2.75, 3.05) is 11.5 Å². The zero-order valence-electron chi connectivity index (χ0n) is 11.8. The van der Waals surface area contributed by atoms with Crippen LogP contribution in [0.4, 0.5) is 0 Å². The summed E-state index contributed by atoms with van der Waals surface area (Å²) in [5.41, 5.74) is 2.43. The number of hydrogen-bond donors (Lipinski definition) is 0. The lowest BCUT2D eigenvalue weighted by molar-refractivity contribution is 0.714. The second-order valence-corrected chi connectivity index (χ2v) is 5.78. The predicted octanol–water partition coefficient (Wildman–Crippen LogP) is 4.67. The fourth-order valence-corrected chi connectivity index (χ4v) is 2.54. The van der Waals surface area contributed by atoms with Gasteiger partial charge in [-0.2, -0.15) is 0 Å². The van der Waals surface area contributed by atoms with Crippen molar-refractivity contribution in [1.29, 1.82) is 0 Å². The number of rotatable bonds is 2. The molecule has 0 fully saturated rings. The van der Waals surface area contributed by atoms with Crippen molar-refractivity contribution in [1.82, 2.24) is 0 Å². The van der Waals surface area contributed by atoms with E-state index in [1.165, 1.54) is 37.7 Å². The fraction of sp³-hybridized carbons (Fsp3) is 0.368. The summed E-state index contributed by atoms with van der Waals surface area (Å²) in [6.07, 6.45) is 8.68. The highest BCUT2D eigenvalue weighted by atomic mass is 32.2. The maximum atomic E-state index is 3.31. The molecule has 0 aliphatic heterocycles. The minimum Gasteiger partial charge on any atom is -0.136 e. The van der Waals surface area contributed by atoms with E-state index in [1.54, 1.807) is 11.8 Å². The molecule has 0 radical (unpaired) electrons. The van der Waals surface area contributed by atoms with Gasteiger partial charge >= 0.3 is 0 Å². The molecule has 0 unspecified atom stereocenters. The van der Waals surface area contributed by atoms with Crippen LogP contribution in [-0.2, 0) is 0 Å². The predicted molar refractivity (Wildman–Crippen MR) is 89.6 cm³/mol. The molecule has 1 aromatic rings. The Bertz CT molecular complexity index is 546. The van der Waals surface area contributed by atoms with Gasteiger partial charge in [-0.15, -0.1) is 11.8 Å². The van der Waals surface area contributed by atoms with Crippen LogP contribution in [-0.4, -0.2) is 11.5 Å². The summed E-state index contributed by atoms with van der Waals surface area (Å²) >= 11 is 1.79. The number of thioether (sulfide) groups is 1. The molecule has 20 heavy (non-hydrogen) atoms. The fourth-order valence-electron chi connectivity index (χ4n) is 2.09. The Morgan fingerprint density at radius 1 is 0.900 bits per heavy atom. The first-order valence-electron chi connectivity index (χ1n) is 7.25. The van der Waals surface area contributed by atoms with Crippen LogP contribution >= 0.6 is 11.8 Å². The van der Waals surface area contributed by atoms with Gasteiger partial charge in [0.25, 0.3) is 0 Å². The highest BCUT2D eigenvalue weighted by Gasteiger charge is 1.98. The topological polar surface area (TPSA) is 0 Å². The highest BCUT2D eigenvalue weighted by molar-refractivity contribution is 7.99. The molecular formula is C19H20S. The Hall–Kier alpha value is -1.57. The van der Waals surface area contributed by atoms with Gasteiger partial charge in [0.2, 0.25) is 0 Å². The largest absolute Gasteiger partial charge is 0.136 e. The lowest BCUT2D eigenvalue weighted by atomic mass is 10.1. The Kier molecular flexibility index (Phi) is 6.94. The van der Waals surface area contributed by atoms with Crippen LogP contribution in [0, 0.1) is 23.7 Å². The molecule has 0 atom stereocenters. The van der Waals surface area contributed by atoms with E-state index < -0.39 is 0 Å². The molecule has 102 valence electrons. The van der Waals surface area contributed by atoms with E-state index >= 15 is 0 Å². The van der Waals surface area contributed by atoms with E-state index in [0.717, 1.165) is 17.1 Å². The van der Waals surface area contributed by atoms with E-state index in [2.05, 4.69) is 29.8 Å². The minimum absolute atomic E-state index is 0.850. The Labute approximate surface area is 127 Å². The third kappa shape index (κ3) is 6.05. The summed E-state index contributed by atoms with van der Waals surface area (Å²) in [4.78, 5) is 0. The first-order valence-corrected chi connectivity index (χ1v) is 8.40. The first-order chi connectivity index (χ1) is 9.95. The second-order valence-electron chi connectivity index (χ2n) is 4.79. The van der Waals surface area contributed by atoms with Crippen molar-refractivity contribution in [3.05, 3.63) is 47.5 Å². The zero-order valence-corrected chi connectivity index (χ0v) is 12.6. The smallest absolute Gasteiger partial charge is 0.0560 e. The van der Waals surface area contributed by atoms with Crippen molar-refractivity contribution >= 4 is 11.8 Å². The third-order valence-electron chi connectivity index (χ3n) is 3.14. The summed E-state index contributed by atoms with van der Waals surface area (Å²) in [5, 5.41) is 0. The van der Waals surface area contributed by atoms with E-state index in [1.807, 2.05) is 30.3 Å². The van der Waals surface area contributed by atoms with Crippen molar-refractivity contribution in [2.24, 2.45) is 0 Å². The molecule has 0 aromatic heterocycles. The molecule has 0 saturated heterocycles. The van der Waals surface area contributed by atoms with E-state index in [0.29, 0.717) is 0 Å². The minimum atomic E-state index is 0.850. The second kappa shape index (κ2) is 9.35. The molecule has 0 amide bonds. The average Bonchev–Trinajstić information content (AvgIpc) is 2.76. The van der Waals surface area contributed by atoms with Crippen LogP contribution in [0.3, 0.4) is 0 Å². The van der Waals surface area contributed by atoms with Crippen molar-refractivity contribution in [2.45, 2.75) is 32.1 Å². The lowest BCUT2D eigenvalue weighted by Gasteiger charge is -1.93. The van der Waals surface area contributed by atoms with Crippen LogP contribution in [0.5, 0.6) is 0 Å². The standard InChI is InChI=1S/C19H20S/c1-2-5-11-18(10-4-1)14-8-16-20-17-9-15-19-12-6-3-7-13-19/h3,6-7,10,12-13H,1-2,4-5,11,16-17H2. The van der Waals surface area contributed by atoms with Crippen LogP contribution in [0.1, 0.15) is 37.7 Å². The Morgan fingerprint density at radius 3 is 2.55 bits per heavy atom. The van der Waals surface area contributed by atoms with Gasteiger partial charge in [-0.1, -0.05) is 54.4 Å². The number of allylic oxidation sites excluding steroid dienone is 2. The highest BCUT2D eigenvalue weighted by Crippen LogP contribution is 2.16. The quantitative estimate of drug-likeness (QED) is 0.560. The summed E-state index contributed by atoms with van der Waals surface area (Å²) in [7, 11) is 0. The molecule has 0 bridgehead atoms. The summed E-state index contributed by atoms with van der Waals surface area (Å²) < 4.78 is 0. The molecule has 2 rings (SSSR count). The molecule has 0 N–H and O–H groups in total. The molecule has 1 aliphatic rings. The number of hydrogen-bond acceptors (Lipinski definition) is 1. The van der Waals surface area contributed by atoms with Gasteiger partial charge in [0.1, 0.15) is 0 Å². The van der Waals surface area contributed by atoms with E-state index in [9.17, 15) is 0 Å². The molecule has 1 aromatic carbocycles. The van der Waals surface area contributed by atoms with Crippen LogP contribution in [0.15, 0.2) is 42.0 Å². The van der Waals surface area contributed by atoms with E-state index in [4.69, 9.17) is 0 Å². The SMILES string of the molecule is C(#CC1=CCCCCC1)CSCC#Cc1ccccc1. The Morgan fingerprint density at radius 2 is 1.70 bits per heavy atom. The first kappa shape index (κ1) is 14.8. The molecule has 1 aliphatic carbocycles. The van der Waals surface area contributed by atoms with E-state index in [-0.39, 0.29) is 0 Å². The zero-order chi connectivity index (χ0) is 13.9. The maximum Gasteiger partial charge on any atom is 0.0560 e. The monoisotopic (exact) mass is 280 g/mol. The van der Waals surface area contributed by atoms with Gasteiger partial charge in [-0.3, -0.25) is 0 Å². The van der Waals surface area contributed by atoms with Crippen molar-refractivity contribution in [3.8, 4) is 23.7 Å². The molecule has 0 saturated carbocycles. The molecule has 1 heteroatoms. The molecule has 0 heterocycles. The van der Waals surface area contributed by atoms with Gasteiger partial charge in [0, 0.05) is 5.56 Å². The molecular weight excluding hydrogens is 260 g/mol. The van der Waals surface area contributed by atoms with Gasteiger partial charge in [-0.25, -0.2) is 0 Å². The van der Waals surface area contributed by atoms with Gasteiger partial charge < -0.3 is 0 Å². The van der Waals surface area contributed by atoms with Gasteiger partial charge in [-0.05, 0) is 43.4 Å². The average molecular weight is 280 g/mol. The summed E-state index contributed by atoms with van der Waals surface area (Å²) in [6, 6.07) is 10.1. The van der Waals surface area contributed by atoms with Crippen molar-refractivity contribution in [3.63, 3.8) is 0 Å². The molecule has 0 nitrogen and oxygen atoms in total. The van der Waals surface area contributed by atoms with Gasteiger partial charge in [0.05, 0.1) is 11.5 Å². The summed E-state index contributed by atoms with van der Waals surface area (Å²) in [6.45, 7) is 0. The van der Waals surface area contributed by atoms with Gasteiger partial charge in [0.15, 0.2) is 0 Å². The third-order valence-corrected chi connectivity index (χ3v) is 3.84. The molecule has 0 spiro atoms. The van der Waals surface area contributed by atoms with Crippen molar-refractivity contribution < 1.29 is 0 Å². The van der Waals surface area contributed by atoms with Crippen LogP contribution in [0.2, 0.25) is 0 Å². The lowest BCUT2D eigenvalue weighted by Crippen LogP contribution is -1.80. The Balaban J connectivity index is 1.67. The normalized spacial score (nSPS) is 14.1.